The minimum absolute atomic E-state index is 0.301. The fourth-order valence-electron chi connectivity index (χ4n) is 0.921. The predicted molar refractivity (Wildman–Crippen MR) is 37.1 cm³/mol. The Labute approximate surface area is 63.3 Å². The normalized spacial score (nSPS) is 22.3. The second kappa shape index (κ2) is 2.69. The lowest BCUT2D eigenvalue weighted by Gasteiger charge is -2.15. The van der Waals surface area contributed by atoms with Crippen molar-refractivity contribution in [1.29, 1.82) is 0 Å². The van der Waals surface area contributed by atoms with Gasteiger partial charge in [0.15, 0.2) is 6.04 Å². The summed E-state index contributed by atoms with van der Waals surface area (Å²) in [5.41, 5.74) is 0. The van der Waals surface area contributed by atoms with Gasteiger partial charge in [-0.25, -0.2) is 9.80 Å². The van der Waals surface area contributed by atoms with Gasteiger partial charge in [-0.3, -0.25) is 4.79 Å². The topological polar surface area (TPSA) is 70.0 Å². The monoisotopic (exact) mass is 156 g/mol. The second-order valence-corrected chi connectivity index (χ2v) is 2.25. The first-order valence-electron chi connectivity index (χ1n) is 3.18. The minimum Gasteiger partial charge on any atom is -0.480 e. The number of aliphatic carboxylic acids is 1. The van der Waals surface area contributed by atoms with Crippen LogP contribution in [0, 0.1) is 0 Å². The molecule has 0 saturated carbocycles. The lowest BCUT2D eigenvalue weighted by molar-refractivity contribution is -0.148. The first kappa shape index (κ1) is 7.71. The zero-order valence-electron chi connectivity index (χ0n) is 6.02. The van der Waals surface area contributed by atoms with Crippen LogP contribution in [0.15, 0.2) is 5.10 Å². The molecule has 60 valence electrons. The van der Waals surface area contributed by atoms with Gasteiger partial charge in [0.25, 0.3) is 0 Å². The molecule has 0 aromatic rings. The molecule has 0 aromatic carbocycles. The maximum Gasteiger partial charge on any atom is 0.329 e. The SMILES string of the molecule is CC(=O)N1N=CCC1C(=O)O. The van der Waals surface area contributed by atoms with Crippen LogP contribution in [0.4, 0.5) is 0 Å². The first-order chi connectivity index (χ1) is 5.13. The fraction of sp³-hybridized carbons (Fsp3) is 0.500. The summed E-state index contributed by atoms with van der Waals surface area (Å²) in [6.07, 6.45) is 1.73. The van der Waals surface area contributed by atoms with Crippen molar-refractivity contribution in [1.82, 2.24) is 5.01 Å². The molecule has 1 aliphatic heterocycles. The molecular formula is C6H8N2O3. The molecule has 1 N–H and O–H groups in total. The van der Waals surface area contributed by atoms with Gasteiger partial charge in [-0.05, 0) is 0 Å². The van der Waals surface area contributed by atoms with E-state index in [1.807, 2.05) is 0 Å². The van der Waals surface area contributed by atoms with Crippen molar-refractivity contribution in [2.24, 2.45) is 5.10 Å². The van der Waals surface area contributed by atoms with Crippen molar-refractivity contribution in [3.8, 4) is 0 Å². The van der Waals surface area contributed by atoms with Gasteiger partial charge in [0.05, 0.1) is 0 Å². The van der Waals surface area contributed by atoms with E-state index in [4.69, 9.17) is 5.11 Å². The molecule has 0 fully saturated rings. The van der Waals surface area contributed by atoms with Crippen LogP contribution in [0.5, 0.6) is 0 Å². The summed E-state index contributed by atoms with van der Waals surface area (Å²) in [5, 5.41) is 13.1. The van der Waals surface area contributed by atoms with Crippen molar-refractivity contribution in [3.05, 3.63) is 0 Å². The maximum atomic E-state index is 10.7. The number of amides is 1. The first-order valence-corrected chi connectivity index (χ1v) is 3.18. The molecule has 0 bridgehead atoms. The molecule has 0 radical (unpaired) electrons. The van der Waals surface area contributed by atoms with E-state index >= 15 is 0 Å². The van der Waals surface area contributed by atoms with Gasteiger partial charge in [0, 0.05) is 19.6 Å². The van der Waals surface area contributed by atoms with Crippen LogP contribution in [-0.4, -0.2) is 34.2 Å². The van der Waals surface area contributed by atoms with E-state index in [-0.39, 0.29) is 5.91 Å². The number of carbonyl (C=O) groups excluding carboxylic acids is 1. The van der Waals surface area contributed by atoms with E-state index in [1.165, 1.54) is 13.1 Å². The molecule has 0 aromatic heterocycles. The van der Waals surface area contributed by atoms with E-state index < -0.39 is 12.0 Å². The van der Waals surface area contributed by atoms with Gasteiger partial charge >= 0.3 is 5.97 Å². The third kappa shape index (κ3) is 1.36. The molecule has 1 amide bonds. The van der Waals surface area contributed by atoms with Crippen molar-refractivity contribution in [3.63, 3.8) is 0 Å². The molecule has 5 nitrogen and oxygen atoms in total. The molecule has 1 rings (SSSR count). The molecule has 11 heavy (non-hydrogen) atoms. The Morgan fingerprint density at radius 2 is 2.36 bits per heavy atom. The summed E-state index contributed by atoms with van der Waals surface area (Å²) in [6, 6.07) is -0.799. The minimum atomic E-state index is -1.02. The number of hydrazone groups is 1. The lowest BCUT2D eigenvalue weighted by atomic mass is 10.2. The van der Waals surface area contributed by atoms with Crippen molar-refractivity contribution in [2.75, 3.05) is 0 Å². The van der Waals surface area contributed by atoms with Crippen molar-refractivity contribution in [2.45, 2.75) is 19.4 Å². The van der Waals surface area contributed by atoms with Crippen LogP contribution in [-0.2, 0) is 9.59 Å². The van der Waals surface area contributed by atoms with Crippen molar-refractivity contribution >= 4 is 18.1 Å². The Bertz CT molecular complexity index is 224. The van der Waals surface area contributed by atoms with Crippen LogP contribution >= 0.6 is 0 Å². The third-order valence-electron chi connectivity index (χ3n) is 1.44. The zero-order valence-corrected chi connectivity index (χ0v) is 6.02. The van der Waals surface area contributed by atoms with Gasteiger partial charge in [0.2, 0.25) is 5.91 Å². The van der Waals surface area contributed by atoms with Crippen LogP contribution in [0.1, 0.15) is 13.3 Å². The maximum absolute atomic E-state index is 10.7. The Balaban J connectivity index is 2.71. The molecule has 5 heteroatoms. The average Bonchev–Trinajstić information content (AvgIpc) is 2.32. The molecule has 1 aliphatic rings. The summed E-state index contributed by atoms with van der Waals surface area (Å²) in [4.78, 5) is 21.2. The highest BCUT2D eigenvalue weighted by atomic mass is 16.4. The smallest absolute Gasteiger partial charge is 0.329 e. The highest BCUT2D eigenvalue weighted by Gasteiger charge is 2.30. The molecular weight excluding hydrogens is 148 g/mol. The van der Waals surface area contributed by atoms with E-state index in [9.17, 15) is 9.59 Å². The molecule has 0 spiro atoms. The molecule has 1 heterocycles. The number of hydrogen-bond acceptors (Lipinski definition) is 3. The number of rotatable bonds is 1. The summed E-state index contributed by atoms with van der Waals surface area (Å²) in [7, 11) is 0. The number of nitrogens with zero attached hydrogens (tertiary/aromatic N) is 2. The predicted octanol–water partition coefficient (Wildman–Crippen LogP) is -0.322. The zero-order chi connectivity index (χ0) is 8.43. The van der Waals surface area contributed by atoms with Crippen LogP contribution in [0.2, 0.25) is 0 Å². The Kier molecular flexibility index (Phi) is 1.89. The standard InChI is InChI=1S/C6H8N2O3/c1-4(9)8-5(6(10)11)2-3-7-8/h3,5H,2H2,1H3,(H,10,11). The summed E-state index contributed by atoms with van der Waals surface area (Å²) >= 11 is 0. The highest BCUT2D eigenvalue weighted by molar-refractivity contribution is 5.87. The lowest BCUT2D eigenvalue weighted by Crippen LogP contribution is -2.36. The number of carbonyl (C=O) groups is 2. The molecule has 1 atom stereocenters. The number of hydrogen-bond donors (Lipinski definition) is 1. The largest absolute Gasteiger partial charge is 0.480 e. The quantitative estimate of drug-likeness (QED) is 0.565. The Hall–Kier alpha value is -1.39. The third-order valence-corrected chi connectivity index (χ3v) is 1.44. The van der Waals surface area contributed by atoms with E-state index in [0.717, 1.165) is 5.01 Å². The van der Waals surface area contributed by atoms with Crippen LogP contribution in [0.3, 0.4) is 0 Å². The average molecular weight is 156 g/mol. The van der Waals surface area contributed by atoms with Gasteiger partial charge in [0.1, 0.15) is 0 Å². The van der Waals surface area contributed by atoms with Crippen LogP contribution < -0.4 is 0 Å². The highest BCUT2D eigenvalue weighted by Crippen LogP contribution is 2.10. The summed E-state index contributed by atoms with van der Waals surface area (Å²) in [6.45, 7) is 1.29. The fourth-order valence-corrected chi connectivity index (χ4v) is 0.921. The van der Waals surface area contributed by atoms with E-state index in [2.05, 4.69) is 5.10 Å². The number of carboxylic acid groups (broad SMARTS) is 1. The van der Waals surface area contributed by atoms with E-state index in [0.29, 0.717) is 6.42 Å². The van der Waals surface area contributed by atoms with E-state index in [1.54, 1.807) is 0 Å². The van der Waals surface area contributed by atoms with Gasteiger partial charge in [-0.15, -0.1) is 0 Å². The Morgan fingerprint density at radius 1 is 1.73 bits per heavy atom. The second-order valence-electron chi connectivity index (χ2n) is 2.25. The van der Waals surface area contributed by atoms with Gasteiger partial charge in [-0.2, -0.15) is 5.10 Å². The number of carboxylic acids is 1. The van der Waals surface area contributed by atoms with Gasteiger partial charge < -0.3 is 5.11 Å². The summed E-state index contributed by atoms with van der Waals surface area (Å²) in [5.74, 6) is -1.36. The molecule has 0 saturated heterocycles. The van der Waals surface area contributed by atoms with Gasteiger partial charge in [-0.1, -0.05) is 0 Å². The molecule has 0 aliphatic carbocycles. The van der Waals surface area contributed by atoms with Crippen LogP contribution in [0.25, 0.3) is 0 Å². The molecule has 1 unspecified atom stereocenters. The Morgan fingerprint density at radius 3 is 2.73 bits per heavy atom. The van der Waals surface area contributed by atoms with Crippen molar-refractivity contribution < 1.29 is 14.7 Å². The summed E-state index contributed by atoms with van der Waals surface area (Å²) < 4.78 is 0.